The predicted octanol–water partition coefficient (Wildman–Crippen LogP) is 5.79. The highest BCUT2D eigenvalue weighted by Crippen LogP contribution is 2.20. The van der Waals surface area contributed by atoms with Crippen LogP contribution in [0.25, 0.3) is 5.69 Å². The fraction of sp³-hybridized carbons (Fsp3) is 0.0556. The third-order valence-electron chi connectivity index (χ3n) is 3.37. The molecule has 110 valence electrons. The van der Waals surface area contributed by atoms with E-state index >= 15 is 0 Å². The van der Waals surface area contributed by atoms with Gasteiger partial charge >= 0.3 is 0 Å². The molecular weight excluding hydrogens is 407 g/mol. The predicted molar refractivity (Wildman–Crippen MR) is 102 cm³/mol. The standard InChI is InChI=1S/C18H14ClIN2/c1-13-11-15(6-9-18(13)20)21-12-17-3-2-10-22(17)16-7-4-14(19)5-8-16/h2-12H,1H3. The first-order valence-electron chi connectivity index (χ1n) is 6.87. The molecule has 1 heterocycles. The maximum absolute atomic E-state index is 5.95. The second kappa shape index (κ2) is 6.67. The van der Waals surface area contributed by atoms with Crippen molar-refractivity contribution in [3.8, 4) is 5.69 Å². The molecule has 2 aromatic carbocycles. The summed E-state index contributed by atoms with van der Waals surface area (Å²) in [4.78, 5) is 4.58. The number of aliphatic imine (C=N–C) groups is 1. The number of aromatic nitrogens is 1. The Hall–Kier alpha value is -1.59. The maximum Gasteiger partial charge on any atom is 0.0639 e. The molecule has 0 aliphatic carbocycles. The lowest BCUT2D eigenvalue weighted by atomic mass is 10.2. The third-order valence-corrected chi connectivity index (χ3v) is 4.83. The third kappa shape index (κ3) is 3.42. The fourth-order valence-electron chi connectivity index (χ4n) is 2.19. The van der Waals surface area contributed by atoms with E-state index in [-0.39, 0.29) is 0 Å². The summed E-state index contributed by atoms with van der Waals surface area (Å²) in [6, 6.07) is 18.0. The van der Waals surface area contributed by atoms with Gasteiger partial charge in [-0.3, -0.25) is 4.99 Å². The van der Waals surface area contributed by atoms with Crippen LogP contribution in [0.5, 0.6) is 0 Å². The number of benzene rings is 2. The first-order valence-corrected chi connectivity index (χ1v) is 8.33. The van der Waals surface area contributed by atoms with E-state index in [1.54, 1.807) is 0 Å². The van der Waals surface area contributed by atoms with Crippen LogP contribution in [0.15, 0.2) is 65.8 Å². The first-order chi connectivity index (χ1) is 10.6. The van der Waals surface area contributed by atoms with Crippen molar-refractivity contribution in [3.63, 3.8) is 0 Å². The van der Waals surface area contributed by atoms with E-state index in [1.807, 2.05) is 54.9 Å². The van der Waals surface area contributed by atoms with E-state index in [2.05, 4.69) is 51.2 Å². The Labute approximate surface area is 148 Å². The van der Waals surface area contributed by atoms with Crippen molar-refractivity contribution in [2.75, 3.05) is 0 Å². The molecule has 3 aromatic rings. The lowest BCUT2D eigenvalue weighted by molar-refractivity contribution is 1.07. The number of nitrogens with zero attached hydrogens (tertiary/aromatic N) is 2. The topological polar surface area (TPSA) is 17.3 Å². The molecule has 0 spiro atoms. The number of aryl methyl sites for hydroxylation is 1. The van der Waals surface area contributed by atoms with E-state index in [0.29, 0.717) is 0 Å². The highest BCUT2D eigenvalue weighted by Gasteiger charge is 2.01. The molecule has 0 amide bonds. The van der Waals surface area contributed by atoms with E-state index in [9.17, 15) is 0 Å². The van der Waals surface area contributed by atoms with Gasteiger partial charge in [-0.05, 0) is 89.7 Å². The molecule has 0 aliphatic rings. The van der Waals surface area contributed by atoms with Gasteiger partial charge in [0.05, 0.1) is 17.6 Å². The highest BCUT2D eigenvalue weighted by molar-refractivity contribution is 14.1. The van der Waals surface area contributed by atoms with Crippen molar-refractivity contribution in [1.82, 2.24) is 4.57 Å². The molecule has 0 N–H and O–H groups in total. The van der Waals surface area contributed by atoms with Gasteiger partial charge < -0.3 is 4.57 Å². The second-order valence-electron chi connectivity index (χ2n) is 4.97. The van der Waals surface area contributed by atoms with Gasteiger partial charge in [0.1, 0.15) is 0 Å². The summed E-state index contributed by atoms with van der Waals surface area (Å²) in [5.41, 5.74) is 4.29. The smallest absolute Gasteiger partial charge is 0.0639 e. The van der Waals surface area contributed by atoms with Crippen molar-refractivity contribution in [1.29, 1.82) is 0 Å². The molecule has 0 aliphatic heterocycles. The lowest BCUT2D eigenvalue weighted by Gasteiger charge is -2.06. The molecule has 0 bridgehead atoms. The molecule has 0 saturated heterocycles. The molecule has 2 nitrogen and oxygen atoms in total. The zero-order valence-corrected chi connectivity index (χ0v) is 14.9. The molecule has 22 heavy (non-hydrogen) atoms. The van der Waals surface area contributed by atoms with Gasteiger partial charge in [0.15, 0.2) is 0 Å². The van der Waals surface area contributed by atoms with Crippen molar-refractivity contribution >= 4 is 46.1 Å². The monoisotopic (exact) mass is 420 g/mol. The number of rotatable bonds is 3. The van der Waals surface area contributed by atoms with Crippen LogP contribution in [0, 0.1) is 10.5 Å². The summed E-state index contributed by atoms with van der Waals surface area (Å²) in [6.07, 6.45) is 3.90. The van der Waals surface area contributed by atoms with Crippen LogP contribution < -0.4 is 0 Å². The molecule has 4 heteroatoms. The minimum Gasteiger partial charge on any atom is -0.316 e. The molecule has 0 saturated carbocycles. The quantitative estimate of drug-likeness (QED) is 0.377. The summed E-state index contributed by atoms with van der Waals surface area (Å²) in [5.74, 6) is 0. The Morgan fingerprint density at radius 1 is 1.09 bits per heavy atom. The Morgan fingerprint density at radius 2 is 1.86 bits per heavy atom. The SMILES string of the molecule is Cc1cc(N=Cc2cccn2-c2ccc(Cl)cc2)ccc1I. The normalized spacial score (nSPS) is 11.2. The van der Waals surface area contributed by atoms with Gasteiger partial charge in [0.25, 0.3) is 0 Å². The van der Waals surface area contributed by atoms with Crippen LogP contribution in [-0.2, 0) is 0 Å². The Bertz CT molecular complexity index is 819. The summed E-state index contributed by atoms with van der Waals surface area (Å²) in [7, 11) is 0. The van der Waals surface area contributed by atoms with Crippen LogP contribution in [0.1, 0.15) is 11.3 Å². The molecule has 0 atom stereocenters. The van der Waals surface area contributed by atoms with Crippen LogP contribution in [0.4, 0.5) is 5.69 Å². The molecular formula is C18H14ClIN2. The van der Waals surface area contributed by atoms with Crippen LogP contribution in [0.2, 0.25) is 5.02 Å². The van der Waals surface area contributed by atoms with E-state index < -0.39 is 0 Å². The average molecular weight is 421 g/mol. The Kier molecular flexibility index (Phi) is 4.64. The summed E-state index contributed by atoms with van der Waals surface area (Å²) >= 11 is 8.27. The fourth-order valence-corrected chi connectivity index (χ4v) is 2.65. The highest BCUT2D eigenvalue weighted by atomic mass is 127. The zero-order valence-electron chi connectivity index (χ0n) is 12.0. The lowest BCUT2D eigenvalue weighted by Crippen LogP contribution is -1.97. The van der Waals surface area contributed by atoms with Crippen LogP contribution in [0.3, 0.4) is 0 Å². The molecule has 0 radical (unpaired) electrons. The molecule has 1 aromatic heterocycles. The minimum absolute atomic E-state index is 0.737. The van der Waals surface area contributed by atoms with Crippen molar-refractivity contribution in [2.45, 2.75) is 6.92 Å². The first kappa shape index (κ1) is 15.3. The van der Waals surface area contributed by atoms with E-state index in [4.69, 9.17) is 11.6 Å². The molecule has 0 unspecified atom stereocenters. The number of hydrogen-bond donors (Lipinski definition) is 0. The van der Waals surface area contributed by atoms with Crippen molar-refractivity contribution in [2.24, 2.45) is 4.99 Å². The molecule has 0 fully saturated rings. The Balaban J connectivity index is 1.90. The minimum atomic E-state index is 0.737. The van der Waals surface area contributed by atoms with Crippen LogP contribution in [-0.4, -0.2) is 10.8 Å². The number of halogens is 2. The summed E-state index contributed by atoms with van der Waals surface area (Å²) in [5, 5.41) is 0.737. The molecule has 3 rings (SSSR count). The zero-order chi connectivity index (χ0) is 15.5. The van der Waals surface area contributed by atoms with E-state index in [0.717, 1.165) is 22.1 Å². The van der Waals surface area contributed by atoms with E-state index in [1.165, 1.54) is 9.13 Å². The van der Waals surface area contributed by atoms with Gasteiger partial charge in [-0.1, -0.05) is 11.6 Å². The van der Waals surface area contributed by atoms with Gasteiger partial charge in [-0.2, -0.15) is 0 Å². The summed E-state index contributed by atoms with van der Waals surface area (Å²) in [6.45, 7) is 2.09. The Morgan fingerprint density at radius 3 is 2.59 bits per heavy atom. The summed E-state index contributed by atoms with van der Waals surface area (Å²) < 4.78 is 3.33. The van der Waals surface area contributed by atoms with Crippen molar-refractivity contribution < 1.29 is 0 Å². The van der Waals surface area contributed by atoms with Gasteiger partial charge in [-0.25, -0.2) is 0 Å². The largest absolute Gasteiger partial charge is 0.316 e. The van der Waals surface area contributed by atoms with Gasteiger partial charge in [0.2, 0.25) is 0 Å². The van der Waals surface area contributed by atoms with Gasteiger partial charge in [0, 0.05) is 20.5 Å². The second-order valence-corrected chi connectivity index (χ2v) is 6.57. The van der Waals surface area contributed by atoms with Gasteiger partial charge in [-0.15, -0.1) is 0 Å². The maximum atomic E-state index is 5.95. The number of hydrogen-bond acceptors (Lipinski definition) is 1. The van der Waals surface area contributed by atoms with Crippen LogP contribution >= 0.6 is 34.2 Å². The van der Waals surface area contributed by atoms with Crippen molar-refractivity contribution in [3.05, 3.63) is 80.6 Å². The average Bonchev–Trinajstić information content (AvgIpc) is 2.98.